The van der Waals surface area contributed by atoms with Crippen LogP contribution in [0.2, 0.25) is 0 Å². The van der Waals surface area contributed by atoms with Gasteiger partial charge in [-0.2, -0.15) is 5.10 Å². The smallest absolute Gasteiger partial charge is 0.0892 e. The van der Waals surface area contributed by atoms with Gasteiger partial charge in [0.1, 0.15) is 0 Å². The molecule has 4 heteroatoms. The van der Waals surface area contributed by atoms with Gasteiger partial charge in [-0.1, -0.05) is 25.7 Å². The highest BCUT2D eigenvalue weighted by Gasteiger charge is 2.18. The lowest BCUT2D eigenvalue weighted by Crippen LogP contribution is -2.11. The van der Waals surface area contributed by atoms with Crippen LogP contribution in [-0.4, -0.2) is 14.6 Å². The van der Waals surface area contributed by atoms with Crippen LogP contribution in [0, 0.1) is 5.92 Å². The maximum Gasteiger partial charge on any atom is 0.0892 e. The first kappa shape index (κ1) is 11.7. The maximum absolute atomic E-state index is 6.30. The Balaban J connectivity index is 1.69. The van der Waals surface area contributed by atoms with Crippen molar-refractivity contribution >= 4 is 5.52 Å². The van der Waals surface area contributed by atoms with E-state index in [0.717, 1.165) is 23.4 Å². The van der Waals surface area contributed by atoms with Gasteiger partial charge in [0, 0.05) is 24.0 Å². The van der Waals surface area contributed by atoms with E-state index in [1.807, 2.05) is 23.1 Å². The molecule has 0 aliphatic heterocycles. The van der Waals surface area contributed by atoms with Crippen molar-refractivity contribution in [1.82, 2.24) is 14.6 Å². The van der Waals surface area contributed by atoms with Crippen molar-refractivity contribution in [2.45, 2.75) is 44.6 Å². The van der Waals surface area contributed by atoms with Crippen molar-refractivity contribution < 1.29 is 0 Å². The van der Waals surface area contributed by atoms with Gasteiger partial charge >= 0.3 is 0 Å². The molecular formula is C14H20N4. The van der Waals surface area contributed by atoms with Gasteiger partial charge in [-0.25, -0.2) is 4.52 Å². The van der Waals surface area contributed by atoms with E-state index in [0.29, 0.717) is 0 Å². The number of aromatic nitrogens is 3. The fourth-order valence-corrected chi connectivity index (χ4v) is 3.01. The summed E-state index contributed by atoms with van der Waals surface area (Å²) in [6.07, 6.45) is 15.2. The lowest BCUT2D eigenvalue weighted by atomic mass is 9.96. The highest BCUT2D eigenvalue weighted by atomic mass is 15.2. The van der Waals surface area contributed by atoms with E-state index in [2.05, 4.69) is 10.1 Å². The second-order valence-electron chi connectivity index (χ2n) is 5.34. The van der Waals surface area contributed by atoms with Crippen LogP contribution in [0.25, 0.3) is 5.52 Å². The first-order valence-corrected chi connectivity index (χ1v) is 6.87. The summed E-state index contributed by atoms with van der Waals surface area (Å²) in [5.74, 6) is 0.899. The average molecular weight is 244 g/mol. The van der Waals surface area contributed by atoms with E-state index in [4.69, 9.17) is 5.73 Å². The molecule has 18 heavy (non-hydrogen) atoms. The van der Waals surface area contributed by atoms with Gasteiger partial charge in [0.15, 0.2) is 0 Å². The zero-order chi connectivity index (χ0) is 12.4. The molecule has 0 saturated heterocycles. The van der Waals surface area contributed by atoms with Gasteiger partial charge in [0.05, 0.1) is 17.9 Å². The summed E-state index contributed by atoms with van der Waals surface area (Å²) in [6, 6.07) is 0.0901. The van der Waals surface area contributed by atoms with Crippen LogP contribution in [0.3, 0.4) is 0 Å². The molecule has 0 spiro atoms. The second-order valence-corrected chi connectivity index (χ2v) is 5.34. The van der Waals surface area contributed by atoms with Crippen molar-refractivity contribution in [1.29, 1.82) is 0 Å². The molecule has 96 valence electrons. The predicted molar refractivity (Wildman–Crippen MR) is 71.1 cm³/mol. The second kappa shape index (κ2) is 5.06. The molecule has 2 aromatic heterocycles. The number of hydrogen-bond donors (Lipinski definition) is 1. The minimum atomic E-state index is 0.0901. The molecule has 1 unspecified atom stereocenters. The van der Waals surface area contributed by atoms with Crippen LogP contribution < -0.4 is 5.73 Å². The SMILES string of the molecule is NC(CCC1CCCC1)c1cnn2ccncc12. The molecule has 1 aliphatic carbocycles. The minimum Gasteiger partial charge on any atom is -0.324 e. The Morgan fingerprint density at radius 3 is 3.00 bits per heavy atom. The maximum atomic E-state index is 6.30. The third-order valence-electron chi connectivity index (χ3n) is 4.11. The first-order valence-electron chi connectivity index (χ1n) is 6.87. The summed E-state index contributed by atoms with van der Waals surface area (Å²) in [4.78, 5) is 4.15. The standard InChI is InChI=1S/C14H20N4/c15-13(6-5-11-3-1-2-4-11)12-9-17-18-8-7-16-10-14(12)18/h7-11,13H,1-6,15H2. The Hall–Kier alpha value is -1.42. The van der Waals surface area contributed by atoms with Crippen LogP contribution in [0.15, 0.2) is 24.8 Å². The zero-order valence-electron chi connectivity index (χ0n) is 10.6. The quantitative estimate of drug-likeness (QED) is 0.899. The van der Waals surface area contributed by atoms with Crippen LogP contribution in [0.4, 0.5) is 0 Å². The Kier molecular flexibility index (Phi) is 3.28. The molecule has 0 amide bonds. The summed E-state index contributed by atoms with van der Waals surface area (Å²) < 4.78 is 1.85. The predicted octanol–water partition coefficient (Wildman–Crippen LogP) is 2.70. The fourth-order valence-electron chi connectivity index (χ4n) is 3.01. The fraction of sp³-hybridized carbons (Fsp3) is 0.571. The van der Waals surface area contributed by atoms with E-state index in [-0.39, 0.29) is 6.04 Å². The van der Waals surface area contributed by atoms with Crippen LogP contribution >= 0.6 is 0 Å². The number of hydrogen-bond acceptors (Lipinski definition) is 3. The summed E-state index contributed by atoms with van der Waals surface area (Å²) in [5.41, 5.74) is 8.47. The summed E-state index contributed by atoms with van der Waals surface area (Å²) in [7, 11) is 0. The number of fused-ring (bicyclic) bond motifs is 1. The molecule has 4 nitrogen and oxygen atoms in total. The number of rotatable bonds is 4. The van der Waals surface area contributed by atoms with E-state index in [9.17, 15) is 0 Å². The van der Waals surface area contributed by atoms with E-state index < -0.39 is 0 Å². The molecule has 3 rings (SSSR count). The molecule has 2 N–H and O–H groups in total. The number of nitrogens with two attached hydrogens (primary N) is 1. The van der Waals surface area contributed by atoms with Crippen molar-refractivity contribution in [2.24, 2.45) is 11.7 Å². The van der Waals surface area contributed by atoms with E-state index >= 15 is 0 Å². The first-order chi connectivity index (χ1) is 8.84. The van der Waals surface area contributed by atoms with E-state index in [1.165, 1.54) is 32.1 Å². The Bertz CT molecular complexity index is 513. The topological polar surface area (TPSA) is 56.2 Å². The summed E-state index contributed by atoms with van der Waals surface area (Å²) in [6.45, 7) is 0. The molecule has 2 aromatic rings. The lowest BCUT2D eigenvalue weighted by Gasteiger charge is -2.13. The Labute approximate surface area is 107 Å². The van der Waals surface area contributed by atoms with Gasteiger partial charge in [-0.05, 0) is 18.8 Å². The highest BCUT2D eigenvalue weighted by molar-refractivity contribution is 5.52. The summed E-state index contributed by atoms with van der Waals surface area (Å²) >= 11 is 0. The van der Waals surface area contributed by atoms with Crippen molar-refractivity contribution in [3.05, 3.63) is 30.4 Å². The third-order valence-corrected chi connectivity index (χ3v) is 4.11. The molecule has 2 heterocycles. The van der Waals surface area contributed by atoms with Crippen molar-refractivity contribution in [3.63, 3.8) is 0 Å². The van der Waals surface area contributed by atoms with Crippen molar-refractivity contribution in [2.75, 3.05) is 0 Å². The number of nitrogens with zero attached hydrogens (tertiary/aromatic N) is 3. The van der Waals surface area contributed by atoms with Crippen LogP contribution in [-0.2, 0) is 0 Å². The van der Waals surface area contributed by atoms with E-state index in [1.54, 1.807) is 6.20 Å². The molecule has 0 aromatic carbocycles. The van der Waals surface area contributed by atoms with Crippen LogP contribution in [0.5, 0.6) is 0 Å². The lowest BCUT2D eigenvalue weighted by molar-refractivity contribution is 0.455. The zero-order valence-corrected chi connectivity index (χ0v) is 10.6. The molecule has 1 fully saturated rings. The monoisotopic (exact) mass is 244 g/mol. The molecule has 1 saturated carbocycles. The Morgan fingerprint density at radius 2 is 2.17 bits per heavy atom. The van der Waals surface area contributed by atoms with Gasteiger partial charge < -0.3 is 5.73 Å². The van der Waals surface area contributed by atoms with Gasteiger partial charge in [0.2, 0.25) is 0 Å². The Morgan fingerprint density at radius 1 is 1.33 bits per heavy atom. The highest BCUT2D eigenvalue weighted by Crippen LogP contribution is 2.31. The molecule has 0 radical (unpaired) electrons. The van der Waals surface area contributed by atoms with Gasteiger partial charge in [-0.3, -0.25) is 4.98 Å². The molecule has 1 aliphatic rings. The van der Waals surface area contributed by atoms with Gasteiger partial charge in [-0.15, -0.1) is 0 Å². The largest absolute Gasteiger partial charge is 0.324 e. The van der Waals surface area contributed by atoms with Gasteiger partial charge in [0.25, 0.3) is 0 Å². The minimum absolute atomic E-state index is 0.0901. The van der Waals surface area contributed by atoms with Crippen LogP contribution in [0.1, 0.15) is 50.1 Å². The molecule has 1 atom stereocenters. The molecule has 0 bridgehead atoms. The molecular weight excluding hydrogens is 224 g/mol. The van der Waals surface area contributed by atoms with Crippen molar-refractivity contribution in [3.8, 4) is 0 Å². The summed E-state index contributed by atoms with van der Waals surface area (Å²) in [5, 5.41) is 4.32. The normalized spacial score (nSPS) is 18.5. The third kappa shape index (κ3) is 2.25. The average Bonchev–Trinajstić information content (AvgIpc) is 3.05.